The van der Waals surface area contributed by atoms with Gasteiger partial charge in [0.1, 0.15) is 11.4 Å². The number of ether oxygens (including phenoxy) is 3. The molecule has 0 aliphatic carbocycles. The summed E-state index contributed by atoms with van der Waals surface area (Å²) in [5.74, 6) is -0.569. The Labute approximate surface area is 164 Å². The molecule has 0 radical (unpaired) electrons. The molecule has 28 heavy (non-hydrogen) atoms. The highest BCUT2D eigenvalue weighted by Crippen LogP contribution is 2.19. The van der Waals surface area contributed by atoms with E-state index >= 15 is 0 Å². The van der Waals surface area contributed by atoms with E-state index in [-0.39, 0.29) is 11.4 Å². The molecule has 0 heterocycles. The first kappa shape index (κ1) is 23.4. The zero-order valence-corrected chi connectivity index (χ0v) is 17.3. The topological polar surface area (TPSA) is 117 Å². The maximum atomic E-state index is 12.5. The monoisotopic (exact) mass is 396 g/mol. The molecule has 1 amide bonds. The Morgan fingerprint density at radius 2 is 1.57 bits per heavy atom. The number of hydrogen-bond donors (Lipinski definition) is 1. The predicted molar refractivity (Wildman–Crippen MR) is 102 cm³/mol. The van der Waals surface area contributed by atoms with Crippen molar-refractivity contribution in [2.24, 2.45) is 0 Å². The van der Waals surface area contributed by atoms with E-state index in [1.165, 1.54) is 24.3 Å². The van der Waals surface area contributed by atoms with Crippen LogP contribution in [0.15, 0.2) is 24.3 Å². The zero-order valence-electron chi connectivity index (χ0n) is 17.3. The lowest BCUT2D eigenvalue weighted by atomic mass is 10.1. The molecule has 0 spiro atoms. The van der Waals surface area contributed by atoms with Gasteiger partial charge in [0.25, 0.3) is 5.69 Å². The molecular formula is C19H28N2O7. The van der Waals surface area contributed by atoms with Gasteiger partial charge in [-0.05, 0) is 60.6 Å². The lowest BCUT2D eigenvalue weighted by molar-refractivity contribution is -0.384. The van der Waals surface area contributed by atoms with Crippen molar-refractivity contribution in [3.05, 3.63) is 34.4 Å². The summed E-state index contributed by atoms with van der Waals surface area (Å²) in [5, 5.41) is 13.1. The fourth-order valence-electron chi connectivity index (χ4n) is 2.26. The molecule has 1 aromatic rings. The van der Waals surface area contributed by atoms with Crippen molar-refractivity contribution in [3.63, 3.8) is 0 Å². The van der Waals surface area contributed by atoms with E-state index in [0.717, 1.165) is 0 Å². The average molecular weight is 396 g/mol. The number of carbonyl (C=O) groups is 2. The third kappa shape index (κ3) is 8.34. The van der Waals surface area contributed by atoms with Crippen molar-refractivity contribution in [2.75, 3.05) is 0 Å². The van der Waals surface area contributed by atoms with Crippen LogP contribution in [-0.4, -0.2) is 40.3 Å². The standard InChI is InChI=1S/C19H28N2O7/c1-12(27-18(2,3)4)15(16(22)28-19(5,6)7)20-17(23)26-14-10-8-13(9-11-14)21(24)25/h8-12,15H,1-7H3,(H,20,23). The Bertz CT molecular complexity index is 702. The quantitative estimate of drug-likeness (QED) is 0.443. The summed E-state index contributed by atoms with van der Waals surface area (Å²) in [6, 6.07) is 3.88. The molecule has 9 heteroatoms. The number of nitro benzene ring substituents is 1. The second-order valence-corrected chi connectivity index (χ2v) is 8.23. The van der Waals surface area contributed by atoms with Gasteiger partial charge >= 0.3 is 12.1 Å². The number of amides is 1. The normalized spacial score (nSPS) is 14.0. The molecule has 1 rings (SSSR count). The van der Waals surface area contributed by atoms with Gasteiger partial charge < -0.3 is 19.5 Å². The molecular weight excluding hydrogens is 368 g/mol. The number of esters is 1. The largest absolute Gasteiger partial charge is 0.458 e. The van der Waals surface area contributed by atoms with Crippen LogP contribution in [0.4, 0.5) is 10.5 Å². The highest BCUT2D eigenvalue weighted by molar-refractivity contribution is 5.83. The molecule has 2 unspecified atom stereocenters. The molecule has 1 aromatic carbocycles. The highest BCUT2D eigenvalue weighted by Gasteiger charge is 2.34. The molecule has 0 bridgehead atoms. The first-order valence-electron chi connectivity index (χ1n) is 8.81. The predicted octanol–water partition coefficient (Wildman–Crippen LogP) is 3.60. The Morgan fingerprint density at radius 1 is 1.04 bits per heavy atom. The Balaban J connectivity index is 2.89. The van der Waals surface area contributed by atoms with Crippen molar-refractivity contribution >= 4 is 17.7 Å². The van der Waals surface area contributed by atoms with Gasteiger partial charge in [0, 0.05) is 12.1 Å². The molecule has 0 aliphatic rings. The number of hydrogen-bond acceptors (Lipinski definition) is 7. The van der Waals surface area contributed by atoms with Gasteiger partial charge in [-0.1, -0.05) is 0 Å². The van der Waals surface area contributed by atoms with Gasteiger partial charge in [-0.3, -0.25) is 10.1 Å². The molecule has 156 valence electrons. The number of nitrogens with zero attached hydrogens (tertiary/aromatic N) is 1. The number of carbonyl (C=O) groups excluding carboxylic acids is 2. The van der Waals surface area contributed by atoms with Gasteiger partial charge in [-0.2, -0.15) is 0 Å². The van der Waals surface area contributed by atoms with E-state index in [1.54, 1.807) is 27.7 Å². The van der Waals surface area contributed by atoms with Gasteiger partial charge in [0.2, 0.25) is 0 Å². The van der Waals surface area contributed by atoms with Crippen molar-refractivity contribution < 1.29 is 28.7 Å². The van der Waals surface area contributed by atoms with Crippen molar-refractivity contribution in [1.29, 1.82) is 0 Å². The fourth-order valence-corrected chi connectivity index (χ4v) is 2.26. The van der Waals surface area contributed by atoms with Crippen LogP contribution in [0, 0.1) is 10.1 Å². The number of nitrogens with one attached hydrogen (secondary N) is 1. The SMILES string of the molecule is CC(OC(C)(C)C)C(NC(=O)Oc1ccc([N+](=O)[O-])cc1)C(=O)OC(C)(C)C. The number of non-ortho nitro benzene ring substituents is 1. The van der Waals surface area contributed by atoms with Crippen LogP contribution < -0.4 is 10.1 Å². The van der Waals surface area contributed by atoms with Crippen molar-refractivity contribution in [2.45, 2.75) is 71.8 Å². The van der Waals surface area contributed by atoms with Crippen LogP contribution in [0.3, 0.4) is 0 Å². The van der Waals surface area contributed by atoms with Crippen LogP contribution in [-0.2, 0) is 14.3 Å². The molecule has 2 atom stereocenters. The smallest absolute Gasteiger partial charge is 0.413 e. The highest BCUT2D eigenvalue weighted by atomic mass is 16.6. The maximum absolute atomic E-state index is 12.5. The Hall–Kier alpha value is -2.68. The summed E-state index contributed by atoms with van der Waals surface area (Å²) in [7, 11) is 0. The lowest BCUT2D eigenvalue weighted by Gasteiger charge is -2.31. The summed E-state index contributed by atoms with van der Waals surface area (Å²) < 4.78 is 16.3. The third-order valence-corrected chi connectivity index (χ3v) is 3.20. The zero-order chi connectivity index (χ0) is 21.7. The first-order chi connectivity index (χ1) is 12.7. The first-order valence-corrected chi connectivity index (χ1v) is 8.81. The Morgan fingerprint density at radius 3 is 2.00 bits per heavy atom. The second-order valence-electron chi connectivity index (χ2n) is 8.23. The fraction of sp³-hybridized carbons (Fsp3) is 0.579. The van der Waals surface area contributed by atoms with Gasteiger partial charge in [-0.15, -0.1) is 0 Å². The minimum atomic E-state index is -1.11. The van der Waals surface area contributed by atoms with Crippen LogP contribution in [0.2, 0.25) is 0 Å². The summed E-state index contributed by atoms with van der Waals surface area (Å²) in [4.78, 5) is 34.9. The van der Waals surface area contributed by atoms with Crippen molar-refractivity contribution in [1.82, 2.24) is 5.32 Å². The molecule has 0 saturated carbocycles. The van der Waals surface area contributed by atoms with Gasteiger partial charge in [0.15, 0.2) is 6.04 Å². The van der Waals surface area contributed by atoms with Crippen LogP contribution in [0.25, 0.3) is 0 Å². The van der Waals surface area contributed by atoms with E-state index in [2.05, 4.69) is 5.32 Å². The minimum absolute atomic E-state index is 0.0930. The number of rotatable bonds is 6. The Kier molecular flexibility index (Phi) is 7.51. The number of nitro groups is 1. The van der Waals surface area contributed by atoms with Crippen LogP contribution in [0.1, 0.15) is 48.5 Å². The summed E-state index contributed by atoms with van der Waals surface area (Å²) >= 11 is 0. The maximum Gasteiger partial charge on any atom is 0.413 e. The minimum Gasteiger partial charge on any atom is -0.458 e. The van der Waals surface area contributed by atoms with Gasteiger partial charge in [-0.25, -0.2) is 9.59 Å². The van der Waals surface area contributed by atoms with Crippen molar-refractivity contribution in [3.8, 4) is 5.75 Å². The molecule has 0 saturated heterocycles. The number of benzene rings is 1. The van der Waals surface area contributed by atoms with Gasteiger partial charge in [0.05, 0.1) is 16.6 Å². The molecule has 0 aromatic heterocycles. The van der Waals surface area contributed by atoms with E-state index in [0.29, 0.717) is 0 Å². The second kappa shape index (κ2) is 9.01. The van der Waals surface area contributed by atoms with E-state index in [1.807, 2.05) is 20.8 Å². The molecule has 9 nitrogen and oxygen atoms in total. The van der Waals surface area contributed by atoms with E-state index < -0.39 is 40.3 Å². The van der Waals surface area contributed by atoms with E-state index in [4.69, 9.17) is 14.2 Å². The molecule has 0 fully saturated rings. The average Bonchev–Trinajstić information content (AvgIpc) is 2.49. The van der Waals surface area contributed by atoms with E-state index in [9.17, 15) is 19.7 Å². The summed E-state index contributed by atoms with van der Waals surface area (Å²) in [6.45, 7) is 12.3. The molecule has 1 N–H and O–H groups in total. The van der Waals surface area contributed by atoms with Crippen LogP contribution >= 0.6 is 0 Å². The summed E-state index contributed by atoms with van der Waals surface area (Å²) in [5.41, 5.74) is -1.43. The third-order valence-electron chi connectivity index (χ3n) is 3.20. The van der Waals surface area contributed by atoms with Crippen LogP contribution in [0.5, 0.6) is 5.75 Å². The lowest BCUT2D eigenvalue weighted by Crippen LogP contribution is -2.53. The summed E-state index contributed by atoms with van der Waals surface area (Å²) in [6.07, 6.45) is -1.60. The molecule has 0 aliphatic heterocycles.